The Morgan fingerprint density at radius 2 is 1.70 bits per heavy atom. The molecular formula is C7H18O2Si. The highest BCUT2D eigenvalue weighted by Crippen LogP contribution is 2.36. The van der Waals surface area contributed by atoms with Crippen LogP contribution in [0.2, 0.25) is 18.1 Å². The van der Waals surface area contributed by atoms with E-state index in [0.29, 0.717) is 0 Å². The SMILES string of the molecule is CC(C)(C)[Si](C)(C)OCO. The van der Waals surface area contributed by atoms with Gasteiger partial charge < -0.3 is 9.53 Å². The Kier molecular flexibility index (Phi) is 3.07. The molecule has 0 aromatic carbocycles. The average molecular weight is 162 g/mol. The third-order valence-corrected chi connectivity index (χ3v) is 6.69. The van der Waals surface area contributed by atoms with Gasteiger partial charge >= 0.3 is 0 Å². The van der Waals surface area contributed by atoms with Crippen molar-refractivity contribution >= 4 is 8.32 Å². The highest BCUT2D eigenvalue weighted by atomic mass is 28.4. The largest absolute Gasteiger partial charge is 0.395 e. The van der Waals surface area contributed by atoms with Gasteiger partial charge in [0.1, 0.15) is 6.79 Å². The van der Waals surface area contributed by atoms with Crippen molar-refractivity contribution in [3.05, 3.63) is 0 Å². The summed E-state index contributed by atoms with van der Waals surface area (Å²) in [6.45, 7) is 10.5. The standard InChI is InChI=1S/C7H18O2Si/c1-7(2,3)10(4,5)9-6-8/h8H,6H2,1-5H3. The third-order valence-electron chi connectivity index (χ3n) is 2.23. The Labute approximate surface area is 64.3 Å². The lowest BCUT2D eigenvalue weighted by Gasteiger charge is -2.35. The van der Waals surface area contributed by atoms with Crippen LogP contribution in [-0.4, -0.2) is 20.2 Å². The lowest BCUT2D eigenvalue weighted by molar-refractivity contribution is 0.0857. The maximum absolute atomic E-state index is 8.58. The fourth-order valence-corrected chi connectivity index (χ4v) is 1.13. The molecule has 0 unspecified atom stereocenters. The van der Waals surface area contributed by atoms with Crippen LogP contribution in [-0.2, 0) is 4.43 Å². The zero-order chi connectivity index (χ0) is 8.41. The molecule has 0 aromatic rings. The van der Waals surface area contributed by atoms with Crippen molar-refractivity contribution in [3.63, 3.8) is 0 Å². The van der Waals surface area contributed by atoms with Crippen LogP contribution >= 0.6 is 0 Å². The Morgan fingerprint density at radius 3 is 1.80 bits per heavy atom. The Morgan fingerprint density at radius 1 is 1.30 bits per heavy atom. The molecule has 0 aromatic heterocycles. The minimum absolute atomic E-state index is 0.142. The van der Waals surface area contributed by atoms with E-state index in [1.54, 1.807) is 0 Å². The van der Waals surface area contributed by atoms with Gasteiger partial charge in [0.15, 0.2) is 8.32 Å². The summed E-state index contributed by atoms with van der Waals surface area (Å²) < 4.78 is 5.29. The predicted molar refractivity (Wildman–Crippen MR) is 45.4 cm³/mol. The van der Waals surface area contributed by atoms with E-state index < -0.39 is 8.32 Å². The van der Waals surface area contributed by atoms with Crippen molar-refractivity contribution < 1.29 is 9.53 Å². The fraction of sp³-hybridized carbons (Fsp3) is 1.00. The third kappa shape index (κ3) is 2.40. The first-order valence-corrected chi connectivity index (χ1v) is 6.47. The molecule has 2 nitrogen and oxygen atoms in total. The van der Waals surface area contributed by atoms with Crippen LogP contribution in [0.3, 0.4) is 0 Å². The van der Waals surface area contributed by atoms with Gasteiger partial charge in [-0.25, -0.2) is 0 Å². The molecule has 0 aliphatic carbocycles. The maximum Gasteiger partial charge on any atom is 0.195 e. The van der Waals surface area contributed by atoms with Gasteiger partial charge in [0.25, 0.3) is 0 Å². The molecule has 0 rings (SSSR count). The van der Waals surface area contributed by atoms with E-state index in [0.717, 1.165) is 0 Å². The summed E-state index contributed by atoms with van der Waals surface area (Å²) >= 11 is 0. The molecule has 0 bridgehead atoms. The van der Waals surface area contributed by atoms with Crippen molar-refractivity contribution in [3.8, 4) is 0 Å². The monoisotopic (exact) mass is 162 g/mol. The van der Waals surface area contributed by atoms with Crippen molar-refractivity contribution in [1.29, 1.82) is 0 Å². The molecular weight excluding hydrogens is 144 g/mol. The first kappa shape index (κ1) is 10.1. The van der Waals surface area contributed by atoms with E-state index in [9.17, 15) is 0 Å². The summed E-state index contributed by atoms with van der Waals surface area (Å²) in [5.74, 6) is 0. The van der Waals surface area contributed by atoms with Gasteiger partial charge in [0, 0.05) is 0 Å². The Balaban J connectivity index is 4.10. The van der Waals surface area contributed by atoms with Crippen LogP contribution in [0.25, 0.3) is 0 Å². The molecule has 10 heavy (non-hydrogen) atoms. The average Bonchev–Trinajstić information content (AvgIpc) is 1.61. The summed E-state index contributed by atoms with van der Waals surface area (Å²) in [7, 11) is -1.65. The number of hydrogen-bond donors (Lipinski definition) is 1. The van der Waals surface area contributed by atoms with Gasteiger partial charge in [0.05, 0.1) is 0 Å². The molecule has 0 amide bonds. The molecule has 0 aliphatic heterocycles. The minimum atomic E-state index is -1.65. The van der Waals surface area contributed by atoms with E-state index in [4.69, 9.17) is 9.53 Å². The molecule has 0 radical (unpaired) electrons. The van der Waals surface area contributed by atoms with Gasteiger partial charge in [0.2, 0.25) is 0 Å². The molecule has 62 valence electrons. The molecule has 1 N–H and O–H groups in total. The number of hydrogen-bond acceptors (Lipinski definition) is 2. The van der Waals surface area contributed by atoms with Gasteiger partial charge in [-0.15, -0.1) is 0 Å². The van der Waals surface area contributed by atoms with Crippen LogP contribution in [0.5, 0.6) is 0 Å². The smallest absolute Gasteiger partial charge is 0.195 e. The van der Waals surface area contributed by atoms with Gasteiger partial charge in [-0.1, -0.05) is 20.8 Å². The second-order valence-electron chi connectivity index (χ2n) is 4.03. The summed E-state index contributed by atoms with van der Waals surface area (Å²) in [4.78, 5) is 0. The summed E-state index contributed by atoms with van der Waals surface area (Å²) in [6, 6.07) is 0. The van der Waals surface area contributed by atoms with Gasteiger partial charge in [-0.2, -0.15) is 0 Å². The number of aliphatic hydroxyl groups excluding tert-OH is 1. The molecule has 0 spiro atoms. The van der Waals surface area contributed by atoms with E-state index >= 15 is 0 Å². The van der Waals surface area contributed by atoms with Crippen molar-refractivity contribution in [1.82, 2.24) is 0 Å². The first-order valence-electron chi connectivity index (χ1n) is 3.56. The highest BCUT2D eigenvalue weighted by molar-refractivity contribution is 6.74. The number of rotatable bonds is 2. The molecule has 0 atom stereocenters. The lowest BCUT2D eigenvalue weighted by Crippen LogP contribution is -2.40. The summed E-state index contributed by atoms with van der Waals surface area (Å²) in [5.41, 5.74) is 0. The van der Waals surface area contributed by atoms with E-state index in [1.807, 2.05) is 0 Å². The zero-order valence-corrected chi connectivity index (χ0v) is 8.56. The van der Waals surface area contributed by atoms with E-state index in [2.05, 4.69) is 33.9 Å². The van der Waals surface area contributed by atoms with Crippen molar-refractivity contribution in [2.24, 2.45) is 0 Å². The minimum Gasteiger partial charge on any atom is -0.395 e. The topological polar surface area (TPSA) is 29.5 Å². The Bertz CT molecular complexity index is 105. The molecule has 0 heterocycles. The summed E-state index contributed by atoms with van der Waals surface area (Å²) in [6.07, 6.45) is 0. The first-order chi connectivity index (χ1) is 4.31. The maximum atomic E-state index is 8.58. The van der Waals surface area contributed by atoms with Crippen LogP contribution < -0.4 is 0 Å². The fourth-order valence-electron chi connectivity index (χ4n) is 0.378. The molecule has 0 aliphatic rings. The summed E-state index contributed by atoms with van der Waals surface area (Å²) in [5, 5.41) is 8.78. The van der Waals surface area contributed by atoms with Crippen LogP contribution in [0, 0.1) is 0 Å². The van der Waals surface area contributed by atoms with E-state index in [-0.39, 0.29) is 11.8 Å². The highest BCUT2D eigenvalue weighted by Gasteiger charge is 2.36. The van der Waals surface area contributed by atoms with E-state index in [1.165, 1.54) is 0 Å². The Hall–Kier alpha value is 0.137. The van der Waals surface area contributed by atoms with Gasteiger partial charge in [-0.05, 0) is 18.1 Å². The lowest BCUT2D eigenvalue weighted by atomic mass is 10.2. The van der Waals surface area contributed by atoms with Crippen LogP contribution in [0.1, 0.15) is 20.8 Å². The molecule has 3 heteroatoms. The van der Waals surface area contributed by atoms with Crippen LogP contribution in [0.4, 0.5) is 0 Å². The number of aliphatic hydroxyl groups is 1. The van der Waals surface area contributed by atoms with Crippen molar-refractivity contribution in [2.45, 2.75) is 38.9 Å². The zero-order valence-electron chi connectivity index (χ0n) is 7.56. The van der Waals surface area contributed by atoms with Crippen molar-refractivity contribution in [2.75, 3.05) is 6.79 Å². The normalized spacial score (nSPS) is 13.8. The molecule has 0 saturated carbocycles. The predicted octanol–water partition coefficient (Wildman–Crippen LogP) is 1.96. The molecule has 0 fully saturated rings. The van der Waals surface area contributed by atoms with Gasteiger partial charge in [-0.3, -0.25) is 0 Å². The van der Waals surface area contributed by atoms with Crippen LogP contribution in [0.15, 0.2) is 0 Å². The second kappa shape index (κ2) is 3.03. The molecule has 0 saturated heterocycles. The quantitative estimate of drug-likeness (QED) is 0.497. The second-order valence-corrected chi connectivity index (χ2v) is 8.84.